The lowest BCUT2D eigenvalue weighted by Crippen LogP contribution is -2.43. The van der Waals surface area contributed by atoms with Gasteiger partial charge in [0.05, 0.1) is 0 Å². The molecule has 1 aromatic rings. The summed E-state index contributed by atoms with van der Waals surface area (Å²) >= 11 is 0. The second-order valence-corrected chi connectivity index (χ2v) is 3.16. The predicted octanol–water partition coefficient (Wildman–Crippen LogP) is -0.406. The normalized spacial score (nSPS) is 15.7. The van der Waals surface area contributed by atoms with Crippen molar-refractivity contribution in [1.82, 2.24) is 15.5 Å². The Bertz CT molecular complexity index is 284. The molecule has 1 aromatic heterocycles. The Morgan fingerprint density at radius 2 is 2.00 bits per heavy atom. The van der Waals surface area contributed by atoms with Gasteiger partial charge in [-0.05, 0) is 12.1 Å². The number of hydrogen-bond acceptors (Lipinski definition) is 6. The van der Waals surface area contributed by atoms with Gasteiger partial charge >= 0.3 is 0 Å². The van der Waals surface area contributed by atoms with Crippen LogP contribution in [0.1, 0.15) is 0 Å². The third-order valence-electron chi connectivity index (χ3n) is 2.24. The van der Waals surface area contributed by atoms with Crippen molar-refractivity contribution in [3.8, 4) is 0 Å². The van der Waals surface area contributed by atoms with E-state index in [1.165, 1.54) is 0 Å². The summed E-state index contributed by atoms with van der Waals surface area (Å²) < 4.78 is 0. The molecule has 1 aliphatic rings. The molecule has 0 radical (unpaired) electrons. The van der Waals surface area contributed by atoms with Gasteiger partial charge in [0.15, 0.2) is 11.6 Å². The first-order valence-electron chi connectivity index (χ1n) is 4.66. The van der Waals surface area contributed by atoms with E-state index in [2.05, 4.69) is 25.8 Å². The van der Waals surface area contributed by atoms with Crippen LogP contribution < -0.4 is 21.5 Å². The highest BCUT2D eigenvalue weighted by atomic mass is 35.5. The zero-order chi connectivity index (χ0) is 9.80. The molecular formula is C8H15ClN6. The van der Waals surface area contributed by atoms with Gasteiger partial charge in [-0.25, -0.2) is 5.84 Å². The summed E-state index contributed by atoms with van der Waals surface area (Å²) in [5, 5.41) is 11.3. The van der Waals surface area contributed by atoms with E-state index in [4.69, 9.17) is 5.84 Å². The summed E-state index contributed by atoms with van der Waals surface area (Å²) in [5.41, 5.74) is 2.45. The van der Waals surface area contributed by atoms with E-state index in [0.717, 1.165) is 32.0 Å². The van der Waals surface area contributed by atoms with Gasteiger partial charge in [-0.2, -0.15) is 0 Å². The van der Waals surface area contributed by atoms with Crippen molar-refractivity contribution in [2.75, 3.05) is 36.5 Å². The zero-order valence-electron chi connectivity index (χ0n) is 8.31. The van der Waals surface area contributed by atoms with Crippen molar-refractivity contribution < 1.29 is 0 Å². The largest absolute Gasteiger partial charge is 0.353 e. The summed E-state index contributed by atoms with van der Waals surface area (Å²) in [5.74, 6) is 6.70. The molecule has 0 atom stereocenters. The third-order valence-corrected chi connectivity index (χ3v) is 2.24. The molecule has 0 aromatic carbocycles. The smallest absolute Gasteiger partial charge is 0.162 e. The average Bonchev–Trinajstić information content (AvgIpc) is 2.30. The van der Waals surface area contributed by atoms with Gasteiger partial charge in [-0.3, -0.25) is 0 Å². The molecule has 1 aliphatic heterocycles. The van der Waals surface area contributed by atoms with Crippen molar-refractivity contribution in [2.45, 2.75) is 0 Å². The molecule has 0 unspecified atom stereocenters. The molecular weight excluding hydrogens is 216 g/mol. The molecule has 0 amide bonds. The van der Waals surface area contributed by atoms with Gasteiger partial charge < -0.3 is 15.6 Å². The van der Waals surface area contributed by atoms with Crippen molar-refractivity contribution in [3.05, 3.63) is 12.1 Å². The highest BCUT2D eigenvalue weighted by Crippen LogP contribution is 2.11. The lowest BCUT2D eigenvalue weighted by molar-refractivity contribution is 0.583. The number of halogens is 1. The number of rotatable bonds is 2. The lowest BCUT2D eigenvalue weighted by atomic mass is 10.3. The number of nitrogens with zero attached hydrogens (tertiary/aromatic N) is 3. The molecule has 1 fully saturated rings. The van der Waals surface area contributed by atoms with Gasteiger partial charge in [0.2, 0.25) is 0 Å². The maximum atomic E-state index is 5.20. The molecule has 2 heterocycles. The fourth-order valence-electron chi connectivity index (χ4n) is 1.46. The minimum atomic E-state index is 0. The molecule has 15 heavy (non-hydrogen) atoms. The minimum Gasteiger partial charge on any atom is -0.353 e. The average molecular weight is 231 g/mol. The molecule has 7 heteroatoms. The van der Waals surface area contributed by atoms with E-state index in [9.17, 15) is 0 Å². The Kier molecular flexibility index (Phi) is 4.54. The molecule has 0 saturated carbocycles. The maximum absolute atomic E-state index is 5.20. The van der Waals surface area contributed by atoms with Gasteiger partial charge in [0.25, 0.3) is 0 Å². The second kappa shape index (κ2) is 5.69. The van der Waals surface area contributed by atoms with E-state index in [-0.39, 0.29) is 12.4 Å². The van der Waals surface area contributed by atoms with Gasteiger partial charge in [-0.1, -0.05) is 0 Å². The van der Waals surface area contributed by atoms with Crippen LogP contribution in [0.25, 0.3) is 0 Å². The van der Waals surface area contributed by atoms with Crippen LogP contribution in [0.5, 0.6) is 0 Å². The van der Waals surface area contributed by atoms with Crippen LogP contribution in [-0.4, -0.2) is 36.4 Å². The van der Waals surface area contributed by atoms with E-state index in [1.807, 2.05) is 12.1 Å². The van der Waals surface area contributed by atoms with Crippen molar-refractivity contribution >= 4 is 24.0 Å². The van der Waals surface area contributed by atoms with E-state index >= 15 is 0 Å². The predicted molar refractivity (Wildman–Crippen MR) is 62.2 cm³/mol. The topological polar surface area (TPSA) is 79.1 Å². The first-order chi connectivity index (χ1) is 6.90. The highest BCUT2D eigenvalue weighted by molar-refractivity contribution is 5.85. The Hall–Kier alpha value is -1.11. The molecule has 1 saturated heterocycles. The van der Waals surface area contributed by atoms with Crippen LogP contribution in [-0.2, 0) is 0 Å². The number of aromatic nitrogens is 2. The number of nitrogen functional groups attached to an aromatic ring is 1. The molecule has 0 bridgehead atoms. The SMILES string of the molecule is Cl.NNc1ccc(N2CCNCC2)nn1. The van der Waals surface area contributed by atoms with Crippen molar-refractivity contribution in [1.29, 1.82) is 0 Å². The van der Waals surface area contributed by atoms with Crippen LogP contribution >= 0.6 is 12.4 Å². The van der Waals surface area contributed by atoms with Gasteiger partial charge in [0.1, 0.15) is 0 Å². The van der Waals surface area contributed by atoms with Gasteiger partial charge in [0, 0.05) is 26.2 Å². The number of hydrogen-bond donors (Lipinski definition) is 3. The third kappa shape index (κ3) is 2.92. The molecule has 84 valence electrons. The van der Waals surface area contributed by atoms with Crippen LogP contribution in [0.2, 0.25) is 0 Å². The van der Waals surface area contributed by atoms with Crippen LogP contribution in [0, 0.1) is 0 Å². The highest BCUT2D eigenvalue weighted by Gasteiger charge is 2.11. The summed E-state index contributed by atoms with van der Waals surface area (Å²) in [7, 11) is 0. The second-order valence-electron chi connectivity index (χ2n) is 3.16. The summed E-state index contributed by atoms with van der Waals surface area (Å²) in [6, 6.07) is 3.75. The number of nitrogens with one attached hydrogen (secondary N) is 2. The molecule has 0 spiro atoms. The van der Waals surface area contributed by atoms with E-state index in [0.29, 0.717) is 5.82 Å². The fourth-order valence-corrected chi connectivity index (χ4v) is 1.46. The number of piperazine rings is 1. The molecule has 0 aliphatic carbocycles. The summed E-state index contributed by atoms with van der Waals surface area (Å²) in [6.07, 6.45) is 0. The minimum absolute atomic E-state index is 0. The quantitative estimate of drug-likeness (QED) is 0.474. The van der Waals surface area contributed by atoms with Gasteiger partial charge in [-0.15, -0.1) is 22.6 Å². The monoisotopic (exact) mass is 230 g/mol. The standard InChI is InChI=1S/C8H14N6.ClH/c9-11-7-1-2-8(13-12-7)14-5-3-10-4-6-14;/h1-2,10H,3-6,9H2,(H,11,12);1H. The summed E-state index contributed by atoms with van der Waals surface area (Å²) in [6.45, 7) is 3.95. The first kappa shape index (κ1) is 12.0. The maximum Gasteiger partial charge on any atom is 0.162 e. The lowest BCUT2D eigenvalue weighted by Gasteiger charge is -2.27. The Labute approximate surface area is 94.6 Å². The number of nitrogens with two attached hydrogens (primary N) is 1. The number of anilines is 2. The zero-order valence-corrected chi connectivity index (χ0v) is 9.13. The van der Waals surface area contributed by atoms with Crippen LogP contribution in [0.4, 0.5) is 11.6 Å². The first-order valence-corrected chi connectivity index (χ1v) is 4.66. The van der Waals surface area contributed by atoms with E-state index < -0.39 is 0 Å². The Morgan fingerprint density at radius 3 is 2.53 bits per heavy atom. The Morgan fingerprint density at radius 1 is 1.27 bits per heavy atom. The Balaban J connectivity index is 0.00000112. The van der Waals surface area contributed by atoms with Crippen LogP contribution in [0.15, 0.2) is 12.1 Å². The van der Waals surface area contributed by atoms with Crippen LogP contribution in [0.3, 0.4) is 0 Å². The molecule has 6 nitrogen and oxygen atoms in total. The van der Waals surface area contributed by atoms with E-state index in [1.54, 1.807) is 0 Å². The fraction of sp³-hybridized carbons (Fsp3) is 0.500. The molecule has 4 N–H and O–H groups in total. The summed E-state index contributed by atoms with van der Waals surface area (Å²) in [4.78, 5) is 2.20. The van der Waals surface area contributed by atoms with Crippen molar-refractivity contribution in [2.24, 2.45) is 5.84 Å². The number of hydrazine groups is 1. The molecule has 2 rings (SSSR count). The van der Waals surface area contributed by atoms with Crippen molar-refractivity contribution in [3.63, 3.8) is 0 Å².